The molecular formula is C12H18N4O. The van der Waals surface area contributed by atoms with E-state index in [4.69, 9.17) is 0 Å². The standard InChI is InChI=1S/C12H18N4O/c1-10-13-7-9-16(10)8-3-6-15-12(17)11-4-2-5-14-11/h2,4,7,9,11,14H,3,5-6,8H2,1H3,(H,15,17). The largest absolute Gasteiger partial charge is 0.354 e. The van der Waals surface area contributed by atoms with Crippen molar-refractivity contribution in [2.24, 2.45) is 0 Å². The first-order valence-corrected chi connectivity index (χ1v) is 5.93. The van der Waals surface area contributed by atoms with E-state index in [0.717, 1.165) is 25.3 Å². The molecule has 1 amide bonds. The summed E-state index contributed by atoms with van der Waals surface area (Å²) < 4.78 is 2.08. The average molecular weight is 234 g/mol. The fourth-order valence-corrected chi connectivity index (χ4v) is 1.86. The van der Waals surface area contributed by atoms with Gasteiger partial charge in [0.25, 0.3) is 0 Å². The van der Waals surface area contributed by atoms with E-state index in [9.17, 15) is 4.79 Å². The lowest BCUT2D eigenvalue weighted by Gasteiger charge is -2.10. The predicted molar refractivity (Wildman–Crippen MR) is 65.5 cm³/mol. The Labute approximate surface area is 101 Å². The maximum Gasteiger partial charge on any atom is 0.241 e. The van der Waals surface area contributed by atoms with Gasteiger partial charge in [0.1, 0.15) is 11.9 Å². The van der Waals surface area contributed by atoms with Crippen molar-refractivity contribution in [1.29, 1.82) is 0 Å². The summed E-state index contributed by atoms with van der Waals surface area (Å²) in [5.74, 6) is 1.07. The van der Waals surface area contributed by atoms with Gasteiger partial charge >= 0.3 is 0 Å². The highest BCUT2D eigenvalue weighted by atomic mass is 16.2. The van der Waals surface area contributed by atoms with E-state index in [-0.39, 0.29) is 11.9 Å². The first-order valence-electron chi connectivity index (χ1n) is 5.93. The smallest absolute Gasteiger partial charge is 0.241 e. The number of aryl methyl sites for hydroxylation is 2. The van der Waals surface area contributed by atoms with Crippen molar-refractivity contribution < 1.29 is 4.79 Å². The number of amides is 1. The summed E-state index contributed by atoms with van der Waals surface area (Å²) >= 11 is 0. The molecule has 5 heteroatoms. The highest BCUT2D eigenvalue weighted by Crippen LogP contribution is 1.97. The minimum absolute atomic E-state index is 0.0566. The Balaban J connectivity index is 1.65. The first kappa shape index (κ1) is 11.9. The van der Waals surface area contributed by atoms with E-state index in [1.807, 2.05) is 25.3 Å². The van der Waals surface area contributed by atoms with Crippen LogP contribution in [-0.4, -0.2) is 34.6 Å². The molecule has 2 N–H and O–H groups in total. The molecule has 0 saturated heterocycles. The van der Waals surface area contributed by atoms with Crippen LogP contribution in [0.3, 0.4) is 0 Å². The zero-order valence-corrected chi connectivity index (χ0v) is 10.0. The summed E-state index contributed by atoms with van der Waals surface area (Å²) in [6.45, 7) is 4.35. The fraction of sp³-hybridized carbons (Fsp3) is 0.500. The number of aromatic nitrogens is 2. The molecule has 0 aromatic carbocycles. The number of nitrogens with one attached hydrogen (secondary N) is 2. The number of hydrogen-bond acceptors (Lipinski definition) is 3. The lowest BCUT2D eigenvalue weighted by atomic mass is 10.3. The molecule has 1 aromatic heterocycles. The molecule has 0 radical (unpaired) electrons. The van der Waals surface area contributed by atoms with Crippen LogP contribution in [0.4, 0.5) is 0 Å². The first-order chi connectivity index (χ1) is 8.27. The van der Waals surface area contributed by atoms with Crippen LogP contribution in [0.1, 0.15) is 12.2 Å². The van der Waals surface area contributed by atoms with Crippen LogP contribution in [0, 0.1) is 6.92 Å². The quantitative estimate of drug-likeness (QED) is 0.566. The fourth-order valence-electron chi connectivity index (χ4n) is 1.86. The van der Waals surface area contributed by atoms with Crippen molar-refractivity contribution >= 4 is 5.91 Å². The highest BCUT2D eigenvalue weighted by molar-refractivity contribution is 5.84. The maximum absolute atomic E-state index is 11.6. The van der Waals surface area contributed by atoms with E-state index >= 15 is 0 Å². The van der Waals surface area contributed by atoms with E-state index in [1.54, 1.807) is 6.20 Å². The Hall–Kier alpha value is -1.62. The van der Waals surface area contributed by atoms with E-state index in [0.29, 0.717) is 6.54 Å². The van der Waals surface area contributed by atoms with Gasteiger partial charge < -0.3 is 9.88 Å². The second-order valence-electron chi connectivity index (χ2n) is 4.13. The van der Waals surface area contributed by atoms with Gasteiger partial charge in [-0.3, -0.25) is 10.1 Å². The van der Waals surface area contributed by atoms with Crippen molar-refractivity contribution in [2.75, 3.05) is 13.1 Å². The second-order valence-corrected chi connectivity index (χ2v) is 4.13. The molecule has 0 aliphatic carbocycles. The molecule has 1 unspecified atom stereocenters. The Morgan fingerprint density at radius 1 is 1.71 bits per heavy atom. The van der Waals surface area contributed by atoms with Gasteiger partial charge in [0.2, 0.25) is 5.91 Å². The van der Waals surface area contributed by atoms with Crippen molar-refractivity contribution in [3.63, 3.8) is 0 Å². The maximum atomic E-state index is 11.6. The van der Waals surface area contributed by atoms with Crippen LogP contribution in [0.5, 0.6) is 0 Å². The summed E-state index contributed by atoms with van der Waals surface area (Å²) in [5, 5.41) is 6.00. The summed E-state index contributed by atoms with van der Waals surface area (Å²) in [4.78, 5) is 15.8. The van der Waals surface area contributed by atoms with E-state index in [1.165, 1.54) is 0 Å². The second kappa shape index (κ2) is 5.63. The van der Waals surface area contributed by atoms with Crippen molar-refractivity contribution in [3.05, 3.63) is 30.4 Å². The predicted octanol–water partition coefficient (Wildman–Crippen LogP) is 0.226. The van der Waals surface area contributed by atoms with E-state index in [2.05, 4.69) is 20.2 Å². The summed E-state index contributed by atoms with van der Waals surface area (Å²) in [6.07, 6.45) is 8.54. The topological polar surface area (TPSA) is 59.0 Å². The van der Waals surface area contributed by atoms with Gasteiger partial charge in [0, 0.05) is 32.0 Å². The number of carbonyl (C=O) groups is 1. The zero-order chi connectivity index (χ0) is 12.1. The Kier molecular flexibility index (Phi) is 3.93. The van der Waals surface area contributed by atoms with E-state index < -0.39 is 0 Å². The van der Waals surface area contributed by atoms with Crippen LogP contribution in [-0.2, 0) is 11.3 Å². The van der Waals surface area contributed by atoms with Gasteiger partial charge in [-0.25, -0.2) is 4.98 Å². The number of carbonyl (C=O) groups excluding carboxylic acids is 1. The summed E-state index contributed by atoms with van der Waals surface area (Å²) in [6, 6.07) is -0.148. The number of rotatable bonds is 5. The Morgan fingerprint density at radius 2 is 2.59 bits per heavy atom. The monoisotopic (exact) mass is 234 g/mol. The zero-order valence-electron chi connectivity index (χ0n) is 10.0. The molecule has 0 saturated carbocycles. The molecule has 1 aromatic rings. The Morgan fingerprint density at radius 3 is 3.24 bits per heavy atom. The SMILES string of the molecule is Cc1nccn1CCCNC(=O)C1C=CCN1. The van der Waals surface area contributed by atoms with Gasteiger partial charge in [-0.1, -0.05) is 12.2 Å². The molecule has 1 atom stereocenters. The van der Waals surface area contributed by atoms with Crippen LogP contribution in [0.2, 0.25) is 0 Å². The molecular weight excluding hydrogens is 216 g/mol. The van der Waals surface area contributed by atoms with Crippen LogP contribution >= 0.6 is 0 Å². The molecule has 0 fully saturated rings. The minimum atomic E-state index is -0.148. The number of nitrogens with zero attached hydrogens (tertiary/aromatic N) is 2. The minimum Gasteiger partial charge on any atom is -0.354 e. The molecule has 1 aliphatic rings. The molecule has 5 nitrogen and oxygen atoms in total. The van der Waals surface area contributed by atoms with Crippen molar-refractivity contribution in [3.8, 4) is 0 Å². The van der Waals surface area contributed by atoms with Gasteiger partial charge in [-0.15, -0.1) is 0 Å². The van der Waals surface area contributed by atoms with Crippen molar-refractivity contribution in [2.45, 2.75) is 25.9 Å². The van der Waals surface area contributed by atoms with Gasteiger partial charge in [-0.05, 0) is 13.3 Å². The van der Waals surface area contributed by atoms with Crippen molar-refractivity contribution in [1.82, 2.24) is 20.2 Å². The molecule has 0 bridgehead atoms. The average Bonchev–Trinajstić information content (AvgIpc) is 2.96. The molecule has 92 valence electrons. The van der Waals surface area contributed by atoms with Gasteiger partial charge in [-0.2, -0.15) is 0 Å². The Bertz CT molecular complexity index is 410. The lowest BCUT2D eigenvalue weighted by Crippen LogP contribution is -2.40. The van der Waals surface area contributed by atoms with Crippen LogP contribution in [0.25, 0.3) is 0 Å². The third kappa shape index (κ3) is 3.17. The van der Waals surface area contributed by atoms with Gasteiger partial charge in [0.15, 0.2) is 0 Å². The molecule has 17 heavy (non-hydrogen) atoms. The highest BCUT2D eigenvalue weighted by Gasteiger charge is 2.16. The van der Waals surface area contributed by atoms with Crippen LogP contribution < -0.4 is 10.6 Å². The summed E-state index contributed by atoms with van der Waals surface area (Å²) in [7, 11) is 0. The molecule has 0 spiro atoms. The molecule has 2 heterocycles. The summed E-state index contributed by atoms with van der Waals surface area (Å²) in [5.41, 5.74) is 0. The third-order valence-corrected chi connectivity index (χ3v) is 2.87. The van der Waals surface area contributed by atoms with Gasteiger partial charge in [0.05, 0.1) is 0 Å². The third-order valence-electron chi connectivity index (χ3n) is 2.87. The molecule has 2 rings (SSSR count). The van der Waals surface area contributed by atoms with Crippen LogP contribution in [0.15, 0.2) is 24.5 Å². The molecule has 1 aliphatic heterocycles. The number of hydrogen-bond donors (Lipinski definition) is 2. The normalized spacial score (nSPS) is 18.5. The lowest BCUT2D eigenvalue weighted by molar-refractivity contribution is -0.121. The number of imidazole rings is 1.